The molecular formula is C16H24N2O2. The zero-order valence-electron chi connectivity index (χ0n) is 12.2. The van der Waals surface area contributed by atoms with Gasteiger partial charge in [-0.2, -0.15) is 0 Å². The molecule has 1 aliphatic rings. The molecular weight excluding hydrogens is 252 g/mol. The Balaban J connectivity index is 1.93. The van der Waals surface area contributed by atoms with Crippen LogP contribution in [0.4, 0.5) is 0 Å². The van der Waals surface area contributed by atoms with E-state index in [9.17, 15) is 4.79 Å². The van der Waals surface area contributed by atoms with E-state index in [2.05, 4.69) is 0 Å². The molecule has 0 atom stereocenters. The minimum absolute atomic E-state index is 0.0752. The number of nitrogens with zero attached hydrogens (tertiary/aromatic N) is 1. The standard InChI is InChI=1S/C16H24N2O2/c1-2-18(14-8-4-5-9-14)16(19)12-20-15-10-6-3-7-13(15)11-17/h3,6-7,10,14H,2,4-5,8-9,11-12,17H2,1H3. The van der Waals surface area contributed by atoms with Crippen LogP contribution in [0, 0.1) is 0 Å². The van der Waals surface area contributed by atoms with Crippen molar-refractivity contribution in [2.24, 2.45) is 5.73 Å². The number of hydrogen-bond acceptors (Lipinski definition) is 3. The van der Waals surface area contributed by atoms with E-state index < -0.39 is 0 Å². The molecule has 1 fully saturated rings. The van der Waals surface area contributed by atoms with E-state index in [1.165, 1.54) is 12.8 Å². The Hall–Kier alpha value is -1.55. The average Bonchev–Trinajstić information content (AvgIpc) is 3.00. The number of benzene rings is 1. The summed E-state index contributed by atoms with van der Waals surface area (Å²) in [6.45, 7) is 3.31. The Bertz CT molecular complexity index is 442. The summed E-state index contributed by atoms with van der Waals surface area (Å²) in [5, 5.41) is 0. The lowest BCUT2D eigenvalue weighted by molar-refractivity contribution is -0.135. The molecule has 0 aromatic heterocycles. The van der Waals surface area contributed by atoms with Crippen molar-refractivity contribution in [2.75, 3.05) is 13.2 Å². The summed E-state index contributed by atoms with van der Waals surface area (Å²) in [5.41, 5.74) is 6.60. The smallest absolute Gasteiger partial charge is 0.260 e. The highest BCUT2D eigenvalue weighted by molar-refractivity contribution is 5.78. The summed E-state index contributed by atoms with van der Waals surface area (Å²) in [4.78, 5) is 14.3. The minimum Gasteiger partial charge on any atom is -0.483 e. The van der Waals surface area contributed by atoms with Gasteiger partial charge in [-0.15, -0.1) is 0 Å². The van der Waals surface area contributed by atoms with E-state index in [0.717, 1.165) is 24.9 Å². The lowest BCUT2D eigenvalue weighted by atomic mass is 10.2. The van der Waals surface area contributed by atoms with Crippen LogP contribution >= 0.6 is 0 Å². The predicted molar refractivity (Wildman–Crippen MR) is 79.5 cm³/mol. The van der Waals surface area contributed by atoms with Crippen LogP contribution in [-0.2, 0) is 11.3 Å². The first-order valence-electron chi connectivity index (χ1n) is 7.46. The van der Waals surface area contributed by atoms with Crippen molar-refractivity contribution in [3.05, 3.63) is 29.8 Å². The Morgan fingerprint density at radius 2 is 2.05 bits per heavy atom. The van der Waals surface area contributed by atoms with Crippen molar-refractivity contribution in [3.63, 3.8) is 0 Å². The third-order valence-corrected chi connectivity index (χ3v) is 3.97. The minimum atomic E-state index is 0.0752. The van der Waals surface area contributed by atoms with Gasteiger partial charge in [0.25, 0.3) is 5.91 Å². The summed E-state index contributed by atoms with van der Waals surface area (Å²) in [5.74, 6) is 0.789. The van der Waals surface area contributed by atoms with Crippen LogP contribution in [0.2, 0.25) is 0 Å². The van der Waals surface area contributed by atoms with E-state index in [4.69, 9.17) is 10.5 Å². The summed E-state index contributed by atoms with van der Waals surface area (Å²) >= 11 is 0. The molecule has 2 N–H and O–H groups in total. The van der Waals surface area contributed by atoms with E-state index in [-0.39, 0.29) is 12.5 Å². The highest BCUT2D eigenvalue weighted by atomic mass is 16.5. The van der Waals surface area contributed by atoms with Gasteiger partial charge in [0.05, 0.1) is 0 Å². The normalized spacial score (nSPS) is 15.3. The molecule has 0 spiro atoms. The Kier molecular flexibility index (Phi) is 5.41. The largest absolute Gasteiger partial charge is 0.483 e. The third kappa shape index (κ3) is 3.51. The van der Waals surface area contributed by atoms with Crippen molar-refractivity contribution in [3.8, 4) is 5.75 Å². The second-order valence-electron chi connectivity index (χ2n) is 5.22. The third-order valence-electron chi connectivity index (χ3n) is 3.97. The van der Waals surface area contributed by atoms with Crippen molar-refractivity contribution >= 4 is 5.91 Å². The Labute approximate surface area is 120 Å². The van der Waals surface area contributed by atoms with Gasteiger partial charge in [-0.3, -0.25) is 4.79 Å². The van der Waals surface area contributed by atoms with Gasteiger partial charge in [-0.25, -0.2) is 0 Å². The molecule has 20 heavy (non-hydrogen) atoms. The molecule has 1 aromatic carbocycles. The molecule has 0 saturated heterocycles. The maximum absolute atomic E-state index is 12.3. The van der Waals surface area contributed by atoms with Crippen molar-refractivity contribution in [1.29, 1.82) is 0 Å². The molecule has 1 amide bonds. The van der Waals surface area contributed by atoms with Crippen molar-refractivity contribution in [1.82, 2.24) is 4.90 Å². The molecule has 0 radical (unpaired) electrons. The number of carbonyl (C=O) groups is 1. The maximum Gasteiger partial charge on any atom is 0.260 e. The number of rotatable bonds is 6. The molecule has 0 unspecified atom stereocenters. The fourth-order valence-corrected chi connectivity index (χ4v) is 2.89. The zero-order valence-corrected chi connectivity index (χ0v) is 12.2. The molecule has 0 aliphatic heterocycles. The van der Waals surface area contributed by atoms with E-state index in [1.807, 2.05) is 36.1 Å². The van der Waals surface area contributed by atoms with E-state index in [0.29, 0.717) is 18.3 Å². The summed E-state index contributed by atoms with van der Waals surface area (Å²) in [7, 11) is 0. The molecule has 0 bridgehead atoms. The summed E-state index contributed by atoms with van der Waals surface area (Å²) in [6.07, 6.45) is 4.70. The molecule has 4 heteroatoms. The topological polar surface area (TPSA) is 55.6 Å². The van der Waals surface area contributed by atoms with Crippen molar-refractivity contribution < 1.29 is 9.53 Å². The molecule has 2 rings (SSSR count). The number of carbonyl (C=O) groups excluding carboxylic acids is 1. The molecule has 1 aliphatic carbocycles. The molecule has 110 valence electrons. The molecule has 1 aromatic rings. The first-order chi connectivity index (χ1) is 9.76. The summed E-state index contributed by atoms with van der Waals surface area (Å²) in [6, 6.07) is 8.01. The van der Waals surface area contributed by atoms with Crippen LogP contribution in [0.3, 0.4) is 0 Å². The number of para-hydroxylation sites is 1. The quantitative estimate of drug-likeness (QED) is 0.867. The number of nitrogens with two attached hydrogens (primary N) is 1. The lowest BCUT2D eigenvalue weighted by Crippen LogP contribution is -2.41. The number of likely N-dealkylation sites (N-methyl/N-ethyl adjacent to an activating group) is 1. The van der Waals surface area contributed by atoms with Crippen LogP contribution in [-0.4, -0.2) is 30.0 Å². The van der Waals surface area contributed by atoms with Gasteiger partial charge < -0.3 is 15.4 Å². The second kappa shape index (κ2) is 7.29. The predicted octanol–water partition coefficient (Wildman–Crippen LogP) is 2.32. The highest BCUT2D eigenvalue weighted by Gasteiger charge is 2.25. The second-order valence-corrected chi connectivity index (χ2v) is 5.22. The SMILES string of the molecule is CCN(C(=O)COc1ccccc1CN)C1CCCC1. The molecule has 4 nitrogen and oxygen atoms in total. The van der Waals surface area contributed by atoms with Crippen LogP contribution in [0.5, 0.6) is 5.75 Å². The molecule has 1 saturated carbocycles. The van der Waals surface area contributed by atoms with Crippen molar-refractivity contribution in [2.45, 2.75) is 45.2 Å². The fraction of sp³-hybridized carbons (Fsp3) is 0.562. The first-order valence-corrected chi connectivity index (χ1v) is 7.46. The van der Waals surface area contributed by atoms with Gasteiger partial charge in [0, 0.05) is 24.7 Å². The van der Waals surface area contributed by atoms with Gasteiger partial charge in [-0.1, -0.05) is 31.0 Å². The number of hydrogen-bond donors (Lipinski definition) is 1. The Morgan fingerprint density at radius 1 is 1.35 bits per heavy atom. The maximum atomic E-state index is 12.3. The number of amides is 1. The highest BCUT2D eigenvalue weighted by Crippen LogP contribution is 2.24. The van der Waals surface area contributed by atoms with Crippen LogP contribution in [0.15, 0.2) is 24.3 Å². The fourth-order valence-electron chi connectivity index (χ4n) is 2.89. The zero-order chi connectivity index (χ0) is 14.4. The van der Waals surface area contributed by atoms with E-state index >= 15 is 0 Å². The van der Waals surface area contributed by atoms with Crippen LogP contribution < -0.4 is 10.5 Å². The van der Waals surface area contributed by atoms with Gasteiger partial charge in [0.15, 0.2) is 6.61 Å². The average molecular weight is 276 g/mol. The van der Waals surface area contributed by atoms with Crippen LogP contribution in [0.1, 0.15) is 38.2 Å². The van der Waals surface area contributed by atoms with Gasteiger partial charge >= 0.3 is 0 Å². The van der Waals surface area contributed by atoms with Gasteiger partial charge in [0.2, 0.25) is 0 Å². The lowest BCUT2D eigenvalue weighted by Gasteiger charge is -2.27. The van der Waals surface area contributed by atoms with Crippen LogP contribution in [0.25, 0.3) is 0 Å². The monoisotopic (exact) mass is 276 g/mol. The Morgan fingerprint density at radius 3 is 2.70 bits per heavy atom. The van der Waals surface area contributed by atoms with Gasteiger partial charge in [-0.05, 0) is 25.8 Å². The van der Waals surface area contributed by atoms with E-state index in [1.54, 1.807) is 0 Å². The first kappa shape index (κ1) is 14.9. The summed E-state index contributed by atoms with van der Waals surface area (Å²) < 4.78 is 5.66. The molecule has 0 heterocycles. The van der Waals surface area contributed by atoms with Gasteiger partial charge in [0.1, 0.15) is 5.75 Å². The number of ether oxygens (including phenoxy) is 1.